The van der Waals surface area contributed by atoms with Gasteiger partial charge in [-0.3, -0.25) is 9.59 Å². The quantitative estimate of drug-likeness (QED) is 0.715. The maximum absolute atomic E-state index is 11.9. The summed E-state index contributed by atoms with van der Waals surface area (Å²) < 4.78 is 9.79. The molecular weight excluding hydrogens is 347 g/mol. The van der Waals surface area contributed by atoms with Crippen LogP contribution in [0, 0.1) is 0 Å². The summed E-state index contributed by atoms with van der Waals surface area (Å²) >= 11 is 11.8. The van der Waals surface area contributed by atoms with Crippen molar-refractivity contribution in [1.29, 1.82) is 0 Å². The maximum Gasteiger partial charge on any atom is 0.338 e. The normalized spacial score (nSPS) is 9.91. The Morgan fingerprint density at radius 1 is 1.09 bits per heavy atom. The third-order valence-corrected chi connectivity index (χ3v) is 3.15. The molecule has 0 aliphatic heterocycles. The number of carbonyl (C=O) groups excluding carboxylic acids is 3. The van der Waals surface area contributed by atoms with Crippen LogP contribution in [0.4, 0.5) is 0 Å². The highest BCUT2D eigenvalue weighted by molar-refractivity contribution is 6.37. The van der Waals surface area contributed by atoms with E-state index in [0.29, 0.717) is 6.54 Å². The first-order valence-electron chi connectivity index (χ1n) is 6.62. The van der Waals surface area contributed by atoms with Gasteiger partial charge in [-0.05, 0) is 19.1 Å². The summed E-state index contributed by atoms with van der Waals surface area (Å²) in [7, 11) is 1.39. The van der Waals surface area contributed by atoms with E-state index in [9.17, 15) is 14.4 Å². The van der Waals surface area contributed by atoms with Crippen LogP contribution in [-0.4, -0.2) is 44.6 Å². The fraction of sp³-hybridized carbons (Fsp3) is 0.357. The summed E-state index contributed by atoms with van der Waals surface area (Å²) in [4.78, 5) is 34.5. The average Bonchev–Trinajstić information content (AvgIpc) is 2.50. The van der Waals surface area contributed by atoms with Gasteiger partial charge >= 0.3 is 5.97 Å². The number of nitrogens with one attached hydrogen (secondary N) is 2. The van der Waals surface area contributed by atoms with E-state index in [-0.39, 0.29) is 33.8 Å². The highest BCUT2D eigenvalue weighted by Gasteiger charge is 2.16. The van der Waals surface area contributed by atoms with Crippen LogP contribution < -0.4 is 15.4 Å². The zero-order valence-electron chi connectivity index (χ0n) is 12.6. The van der Waals surface area contributed by atoms with E-state index in [1.54, 1.807) is 6.92 Å². The molecule has 1 rings (SSSR count). The van der Waals surface area contributed by atoms with Gasteiger partial charge in [0.1, 0.15) is 0 Å². The SMILES string of the molecule is CCNC(=O)CNC(=O)COC(=O)c1cc(Cl)c(OC)c(Cl)c1. The van der Waals surface area contributed by atoms with Crippen LogP contribution in [0.3, 0.4) is 0 Å². The smallest absolute Gasteiger partial charge is 0.338 e. The van der Waals surface area contributed by atoms with Crippen molar-refractivity contribution < 1.29 is 23.9 Å². The molecule has 0 saturated carbocycles. The first-order valence-corrected chi connectivity index (χ1v) is 7.38. The van der Waals surface area contributed by atoms with E-state index >= 15 is 0 Å². The predicted octanol–water partition coefficient (Wildman–Crippen LogP) is 1.41. The van der Waals surface area contributed by atoms with Crippen molar-refractivity contribution in [3.63, 3.8) is 0 Å². The molecule has 0 saturated heterocycles. The van der Waals surface area contributed by atoms with Crippen LogP contribution in [0.25, 0.3) is 0 Å². The molecule has 0 aromatic heterocycles. The van der Waals surface area contributed by atoms with Crippen molar-refractivity contribution in [1.82, 2.24) is 10.6 Å². The Bertz CT molecular complexity index is 584. The number of benzene rings is 1. The molecule has 0 spiro atoms. The van der Waals surface area contributed by atoms with Crippen molar-refractivity contribution in [2.75, 3.05) is 26.8 Å². The minimum absolute atomic E-state index is 0.0809. The number of ether oxygens (including phenoxy) is 2. The number of esters is 1. The Morgan fingerprint density at radius 3 is 2.22 bits per heavy atom. The molecule has 0 radical (unpaired) electrons. The lowest BCUT2D eigenvalue weighted by atomic mass is 10.2. The molecule has 0 heterocycles. The minimum Gasteiger partial charge on any atom is -0.494 e. The third kappa shape index (κ3) is 5.96. The summed E-state index contributed by atoms with van der Waals surface area (Å²) in [6.45, 7) is 1.50. The van der Waals surface area contributed by atoms with E-state index in [1.807, 2.05) is 0 Å². The molecular formula is C14H16Cl2N2O5. The lowest BCUT2D eigenvalue weighted by Gasteiger charge is -2.09. The van der Waals surface area contributed by atoms with Crippen LogP contribution in [0.15, 0.2) is 12.1 Å². The van der Waals surface area contributed by atoms with Crippen molar-refractivity contribution in [2.24, 2.45) is 0 Å². The number of amides is 2. The molecule has 0 bridgehead atoms. The molecule has 126 valence electrons. The third-order valence-electron chi connectivity index (χ3n) is 2.59. The van der Waals surface area contributed by atoms with Crippen LogP contribution in [-0.2, 0) is 14.3 Å². The van der Waals surface area contributed by atoms with Crippen molar-refractivity contribution in [3.8, 4) is 5.75 Å². The van der Waals surface area contributed by atoms with Gasteiger partial charge in [-0.2, -0.15) is 0 Å². The summed E-state index contributed by atoms with van der Waals surface area (Å²) in [6.07, 6.45) is 0. The monoisotopic (exact) mass is 362 g/mol. The van der Waals surface area contributed by atoms with E-state index < -0.39 is 18.5 Å². The van der Waals surface area contributed by atoms with Crippen LogP contribution in [0.2, 0.25) is 10.0 Å². The Morgan fingerprint density at radius 2 is 1.70 bits per heavy atom. The number of hydrogen-bond donors (Lipinski definition) is 2. The summed E-state index contributed by atoms with van der Waals surface area (Å²) in [5.41, 5.74) is 0.0809. The zero-order valence-corrected chi connectivity index (χ0v) is 14.1. The molecule has 9 heteroatoms. The molecule has 0 unspecified atom stereocenters. The number of rotatable bonds is 7. The Kier molecular flexibility index (Phi) is 7.64. The Labute approximate surface area is 143 Å². The van der Waals surface area contributed by atoms with E-state index in [0.717, 1.165) is 0 Å². The highest BCUT2D eigenvalue weighted by atomic mass is 35.5. The minimum atomic E-state index is -0.774. The van der Waals surface area contributed by atoms with E-state index in [4.69, 9.17) is 32.7 Å². The highest BCUT2D eigenvalue weighted by Crippen LogP contribution is 2.33. The number of likely N-dealkylation sites (N-methyl/N-ethyl adjacent to an activating group) is 1. The molecule has 0 atom stereocenters. The van der Waals surface area contributed by atoms with Gasteiger partial charge in [0.05, 0.1) is 29.3 Å². The van der Waals surface area contributed by atoms with E-state index in [2.05, 4.69) is 10.6 Å². The summed E-state index contributed by atoms with van der Waals surface area (Å²) in [5, 5.41) is 5.12. The van der Waals surface area contributed by atoms with Gasteiger partial charge in [-0.15, -0.1) is 0 Å². The topological polar surface area (TPSA) is 93.7 Å². The second kappa shape index (κ2) is 9.22. The first kappa shape index (κ1) is 19.1. The summed E-state index contributed by atoms with van der Waals surface area (Å²) in [6, 6.07) is 2.64. The van der Waals surface area contributed by atoms with E-state index in [1.165, 1.54) is 19.2 Å². The number of halogens is 2. The van der Waals surface area contributed by atoms with Gasteiger partial charge in [-0.25, -0.2) is 4.79 Å². The summed E-state index contributed by atoms with van der Waals surface area (Å²) in [5.74, 6) is -1.47. The van der Waals surface area contributed by atoms with Gasteiger partial charge < -0.3 is 20.1 Å². The van der Waals surface area contributed by atoms with Crippen LogP contribution >= 0.6 is 23.2 Å². The number of methoxy groups -OCH3 is 1. The largest absolute Gasteiger partial charge is 0.494 e. The van der Waals surface area contributed by atoms with Crippen molar-refractivity contribution in [2.45, 2.75) is 6.92 Å². The molecule has 23 heavy (non-hydrogen) atoms. The average molecular weight is 363 g/mol. The fourth-order valence-electron chi connectivity index (χ4n) is 1.58. The predicted molar refractivity (Wildman–Crippen MR) is 85.0 cm³/mol. The van der Waals surface area contributed by atoms with Gasteiger partial charge in [0.15, 0.2) is 12.4 Å². The Hall–Kier alpha value is -1.99. The van der Waals surface area contributed by atoms with Crippen molar-refractivity contribution >= 4 is 41.0 Å². The second-order valence-electron chi connectivity index (χ2n) is 4.28. The standard InChI is InChI=1S/C14H16Cl2N2O5/c1-3-17-11(19)6-18-12(20)7-23-14(21)8-4-9(15)13(22-2)10(16)5-8/h4-5H,3,6-7H2,1-2H3,(H,17,19)(H,18,20). The zero-order chi connectivity index (χ0) is 17.4. The van der Waals surface area contributed by atoms with Crippen LogP contribution in [0.5, 0.6) is 5.75 Å². The molecule has 0 aliphatic rings. The number of carbonyl (C=O) groups is 3. The molecule has 7 nitrogen and oxygen atoms in total. The lowest BCUT2D eigenvalue weighted by molar-refractivity contribution is -0.127. The molecule has 2 N–H and O–H groups in total. The van der Waals surface area contributed by atoms with Gasteiger partial charge in [0, 0.05) is 6.54 Å². The first-order chi connectivity index (χ1) is 10.9. The molecule has 1 aromatic carbocycles. The number of hydrogen-bond acceptors (Lipinski definition) is 5. The second-order valence-corrected chi connectivity index (χ2v) is 5.09. The molecule has 1 aromatic rings. The van der Waals surface area contributed by atoms with Crippen molar-refractivity contribution in [3.05, 3.63) is 27.7 Å². The van der Waals surface area contributed by atoms with Gasteiger partial charge in [0.2, 0.25) is 5.91 Å². The van der Waals surface area contributed by atoms with Gasteiger partial charge in [-0.1, -0.05) is 23.2 Å². The van der Waals surface area contributed by atoms with Gasteiger partial charge in [0.25, 0.3) is 5.91 Å². The molecule has 2 amide bonds. The Balaban J connectivity index is 2.54. The maximum atomic E-state index is 11.9. The fourth-order valence-corrected chi connectivity index (χ4v) is 2.22. The molecule has 0 fully saturated rings. The lowest BCUT2D eigenvalue weighted by Crippen LogP contribution is -2.38. The molecule has 0 aliphatic carbocycles. The van der Waals surface area contributed by atoms with Crippen LogP contribution in [0.1, 0.15) is 17.3 Å².